The summed E-state index contributed by atoms with van der Waals surface area (Å²) in [6.07, 6.45) is 1.18. The molecule has 1 rings (SSSR count). The average molecular weight is 185 g/mol. The van der Waals surface area contributed by atoms with Crippen LogP contribution < -0.4 is 11.1 Å². The number of hydrogen-bond acceptors (Lipinski definition) is 5. The Morgan fingerprint density at radius 2 is 2.54 bits per heavy atom. The van der Waals surface area contributed by atoms with E-state index in [1.807, 2.05) is 0 Å². The maximum absolute atomic E-state index is 10.4. The van der Waals surface area contributed by atoms with Crippen LogP contribution in [0.2, 0.25) is 0 Å². The van der Waals surface area contributed by atoms with Gasteiger partial charge in [-0.1, -0.05) is 0 Å². The molecule has 72 valence electrons. The number of nitrogens with one attached hydrogen (secondary N) is 1. The normalized spacial score (nSPS) is 10.2. The molecule has 1 aromatic heterocycles. The van der Waals surface area contributed by atoms with Gasteiger partial charge in [-0.15, -0.1) is 0 Å². The van der Waals surface area contributed by atoms with Crippen LogP contribution in [0.15, 0.2) is 10.6 Å². The Kier molecular flexibility index (Phi) is 3.41. The van der Waals surface area contributed by atoms with Crippen molar-refractivity contribution in [2.75, 3.05) is 13.1 Å². The molecule has 1 aromatic rings. The topological polar surface area (TPSA) is 101 Å². The Labute approximate surface area is 74.8 Å². The molecule has 1 heterocycles. The van der Waals surface area contributed by atoms with Gasteiger partial charge in [0, 0.05) is 13.1 Å². The molecule has 0 aromatic carbocycles. The monoisotopic (exact) mass is 185 g/mol. The smallest absolute Gasteiger partial charge is 0.373 e. The summed E-state index contributed by atoms with van der Waals surface area (Å²) >= 11 is 0. The lowest BCUT2D eigenvalue weighted by Crippen LogP contribution is -2.21. The third-order valence-corrected chi connectivity index (χ3v) is 1.36. The third-order valence-electron chi connectivity index (χ3n) is 1.36. The van der Waals surface area contributed by atoms with Crippen LogP contribution in [0.25, 0.3) is 0 Å². The van der Waals surface area contributed by atoms with Crippen LogP contribution in [-0.4, -0.2) is 29.1 Å². The van der Waals surface area contributed by atoms with Gasteiger partial charge >= 0.3 is 5.97 Å². The van der Waals surface area contributed by atoms with Crippen LogP contribution >= 0.6 is 0 Å². The van der Waals surface area contributed by atoms with E-state index in [1.54, 1.807) is 0 Å². The van der Waals surface area contributed by atoms with E-state index >= 15 is 0 Å². The standard InChI is InChI=1S/C7H11N3O3/c8-1-2-9-4-6-10-3-5(13-6)7(11)12/h3,9H,1-2,4,8H2,(H,11,12). The second kappa shape index (κ2) is 4.58. The molecule has 0 fully saturated rings. The largest absolute Gasteiger partial charge is 0.475 e. The zero-order valence-electron chi connectivity index (χ0n) is 6.99. The van der Waals surface area contributed by atoms with Crippen LogP contribution in [0, 0.1) is 0 Å². The van der Waals surface area contributed by atoms with Gasteiger partial charge in [0.15, 0.2) is 0 Å². The molecule has 0 atom stereocenters. The van der Waals surface area contributed by atoms with E-state index in [-0.39, 0.29) is 5.76 Å². The number of aromatic carboxylic acids is 1. The summed E-state index contributed by atoms with van der Waals surface area (Å²) in [6.45, 7) is 1.56. The van der Waals surface area contributed by atoms with E-state index in [2.05, 4.69) is 10.3 Å². The molecule has 0 saturated carbocycles. The lowest BCUT2D eigenvalue weighted by molar-refractivity contribution is 0.0660. The van der Waals surface area contributed by atoms with Gasteiger partial charge in [-0.05, 0) is 0 Å². The van der Waals surface area contributed by atoms with Crippen molar-refractivity contribution in [1.82, 2.24) is 10.3 Å². The van der Waals surface area contributed by atoms with Gasteiger partial charge in [0.05, 0.1) is 12.7 Å². The van der Waals surface area contributed by atoms with Gasteiger partial charge in [0.2, 0.25) is 11.7 Å². The first-order valence-electron chi connectivity index (χ1n) is 3.83. The fraction of sp³-hybridized carbons (Fsp3) is 0.429. The summed E-state index contributed by atoms with van der Waals surface area (Å²) in [7, 11) is 0. The molecule has 0 bridgehead atoms. The number of aromatic nitrogens is 1. The Morgan fingerprint density at radius 3 is 3.08 bits per heavy atom. The van der Waals surface area contributed by atoms with E-state index in [1.165, 1.54) is 6.20 Å². The van der Waals surface area contributed by atoms with E-state index in [0.29, 0.717) is 25.5 Å². The summed E-state index contributed by atoms with van der Waals surface area (Å²) in [5, 5.41) is 11.4. The van der Waals surface area contributed by atoms with Crippen LogP contribution in [0.1, 0.15) is 16.4 Å². The quantitative estimate of drug-likeness (QED) is 0.530. The van der Waals surface area contributed by atoms with Crippen molar-refractivity contribution >= 4 is 5.97 Å². The van der Waals surface area contributed by atoms with Crippen molar-refractivity contribution in [2.24, 2.45) is 5.73 Å². The SMILES string of the molecule is NCCNCc1ncc(C(=O)O)o1. The minimum Gasteiger partial charge on any atom is -0.475 e. The fourth-order valence-corrected chi connectivity index (χ4v) is 0.788. The van der Waals surface area contributed by atoms with Gasteiger partial charge in [0.1, 0.15) is 0 Å². The Balaban J connectivity index is 2.44. The molecule has 0 amide bonds. The summed E-state index contributed by atoms with van der Waals surface area (Å²) in [5.74, 6) is -0.909. The molecular weight excluding hydrogens is 174 g/mol. The van der Waals surface area contributed by atoms with Gasteiger partial charge in [-0.25, -0.2) is 9.78 Å². The second-order valence-corrected chi connectivity index (χ2v) is 2.39. The highest BCUT2D eigenvalue weighted by atomic mass is 16.4. The molecule has 6 heteroatoms. The minimum atomic E-state index is -1.11. The Morgan fingerprint density at radius 1 is 1.77 bits per heavy atom. The Bertz CT molecular complexity index is 284. The molecule has 4 N–H and O–H groups in total. The van der Waals surface area contributed by atoms with Gasteiger partial charge in [-0.3, -0.25) is 0 Å². The second-order valence-electron chi connectivity index (χ2n) is 2.39. The number of nitrogens with two attached hydrogens (primary N) is 1. The van der Waals surface area contributed by atoms with Crippen LogP contribution in [0.4, 0.5) is 0 Å². The summed E-state index contributed by atoms with van der Waals surface area (Å²) < 4.78 is 4.88. The lowest BCUT2D eigenvalue weighted by atomic mass is 10.5. The van der Waals surface area contributed by atoms with Gasteiger partial charge in [0.25, 0.3) is 0 Å². The highest BCUT2D eigenvalue weighted by Crippen LogP contribution is 2.02. The maximum Gasteiger partial charge on any atom is 0.373 e. The average Bonchev–Trinajstić information content (AvgIpc) is 2.53. The van der Waals surface area contributed by atoms with E-state index in [4.69, 9.17) is 15.3 Å². The zero-order valence-corrected chi connectivity index (χ0v) is 6.99. The van der Waals surface area contributed by atoms with Crippen molar-refractivity contribution in [3.05, 3.63) is 17.8 Å². The predicted octanol–water partition coefficient (Wildman–Crippen LogP) is -0.579. The molecule has 13 heavy (non-hydrogen) atoms. The number of carbonyl (C=O) groups is 1. The predicted molar refractivity (Wildman–Crippen MR) is 44.2 cm³/mol. The lowest BCUT2D eigenvalue weighted by Gasteiger charge is -1.96. The zero-order chi connectivity index (χ0) is 9.68. The van der Waals surface area contributed by atoms with E-state index in [9.17, 15) is 4.79 Å². The molecule has 0 aliphatic rings. The number of oxazole rings is 1. The summed E-state index contributed by atoms with van der Waals surface area (Å²) in [5.41, 5.74) is 5.24. The van der Waals surface area contributed by atoms with Crippen molar-refractivity contribution in [3.8, 4) is 0 Å². The molecule has 6 nitrogen and oxygen atoms in total. The molecule has 0 aliphatic heterocycles. The van der Waals surface area contributed by atoms with Crippen molar-refractivity contribution < 1.29 is 14.3 Å². The summed E-state index contributed by atoms with van der Waals surface area (Å²) in [4.78, 5) is 14.1. The first-order chi connectivity index (χ1) is 6.24. The number of nitrogens with zero attached hydrogens (tertiary/aromatic N) is 1. The Hall–Kier alpha value is -1.40. The van der Waals surface area contributed by atoms with E-state index < -0.39 is 5.97 Å². The van der Waals surface area contributed by atoms with Crippen LogP contribution in [0.3, 0.4) is 0 Å². The number of rotatable bonds is 5. The first kappa shape index (κ1) is 9.69. The van der Waals surface area contributed by atoms with Crippen LogP contribution in [-0.2, 0) is 6.54 Å². The molecular formula is C7H11N3O3. The molecule has 0 spiro atoms. The summed E-state index contributed by atoms with van der Waals surface area (Å²) in [6, 6.07) is 0. The molecule has 0 radical (unpaired) electrons. The number of carboxylic acid groups (broad SMARTS) is 1. The third kappa shape index (κ3) is 2.85. The highest BCUT2D eigenvalue weighted by Gasteiger charge is 2.09. The molecule has 0 unspecified atom stereocenters. The van der Waals surface area contributed by atoms with Crippen molar-refractivity contribution in [1.29, 1.82) is 0 Å². The van der Waals surface area contributed by atoms with Gasteiger partial charge < -0.3 is 20.6 Å². The van der Waals surface area contributed by atoms with Crippen molar-refractivity contribution in [3.63, 3.8) is 0 Å². The number of carboxylic acids is 1. The van der Waals surface area contributed by atoms with Crippen molar-refractivity contribution in [2.45, 2.75) is 6.54 Å². The molecule has 0 saturated heterocycles. The first-order valence-corrected chi connectivity index (χ1v) is 3.83. The molecule has 0 aliphatic carbocycles. The number of hydrogen-bond donors (Lipinski definition) is 3. The van der Waals surface area contributed by atoms with E-state index in [0.717, 1.165) is 0 Å². The highest BCUT2D eigenvalue weighted by molar-refractivity contribution is 5.83. The fourth-order valence-electron chi connectivity index (χ4n) is 0.788. The van der Waals surface area contributed by atoms with Crippen LogP contribution in [0.5, 0.6) is 0 Å². The van der Waals surface area contributed by atoms with Gasteiger partial charge in [-0.2, -0.15) is 0 Å². The maximum atomic E-state index is 10.4. The minimum absolute atomic E-state index is 0.149.